The first kappa shape index (κ1) is 22.5. The molecular weight excluding hydrogens is 213 g/mol. The number of hydrogen-bond acceptors (Lipinski definition) is 1. The molecule has 0 spiro atoms. The first-order chi connectivity index (χ1) is 3.83. The smallest absolute Gasteiger partial charge is 0.0428 e. The minimum absolute atomic E-state index is 0. The first-order valence-electron chi connectivity index (χ1n) is 3.44. The van der Waals surface area contributed by atoms with Crippen molar-refractivity contribution in [2.45, 2.75) is 40.0 Å². The number of aliphatic hydroxyl groups excluding tert-OH is 1. The van der Waals surface area contributed by atoms with Crippen LogP contribution in [0.1, 0.15) is 40.0 Å². The third kappa shape index (κ3) is 58.9. The van der Waals surface area contributed by atoms with Crippen LogP contribution in [0.25, 0.3) is 0 Å². The molecule has 0 unspecified atom stereocenters. The predicted octanol–water partition coefficient (Wildman–Crippen LogP) is 2.19. The van der Waals surface area contributed by atoms with Gasteiger partial charge in [-0.3, -0.25) is 0 Å². The molecule has 0 aromatic carbocycles. The zero-order chi connectivity index (χ0) is 6.83. The van der Waals surface area contributed by atoms with E-state index in [9.17, 15) is 0 Å². The first-order valence-corrected chi connectivity index (χ1v) is 3.44. The van der Waals surface area contributed by atoms with Gasteiger partial charge in [-0.05, 0) is 6.42 Å². The Hall–Kier alpha value is 1.30. The SMILES string of the molecule is CCCC.CCCO.[Ti].[Zn]. The normalized spacial score (nSPS) is 6.00. The number of unbranched alkanes of at least 4 members (excludes halogenated alkanes) is 1. The van der Waals surface area contributed by atoms with Crippen molar-refractivity contribution in [3.05, 3.63) is 0 Å². The molecule has 0 atom stereocenters. The molecule has 0 saturated heterocycles. The van der Waals surface area contributed by atoms with E-state index < -0.39 is 0 Å². The third-order valence-electron chi connectivity index (χ3n) is 0.724. The van der Waals surface area contributed by atoms with Crippen molar-refractivity contribution in [1.82, 2.24) is 0 Å². The molecule has 1 N–H and O–H groups in total. The molecule has 10 heavy (non-hydrogen) atoms. The summed E-state index contributed by atoms with van der Waals surface area (Å²) in [6.45, 7) is 6.61. The second kappa shape index (κ2) is 31.7. The van der Waals surface area contributed by atoms with E-state index in [0.29, 0.717) is 6.61 Å². The zero-order valence-corrected chi connectivity index (χ0v) is 12.0. The van der Waals surface area contributed by atoms with Gasteiger partial charge in [-0.15, -0.1) is 0 Å². The largest absolute Gasteiger partial charge is 0.396 e. The van der Waals surface area contributed by atoms with Crippen LogP contribution in [0.2, 0.25) is 0 Å². The molecule has 0 aliphatic rings. The molecule has 0 radical (unpaired) electrons. The van der Waals surface area contributed by atoms with Gasteiger partial charge in [0.05, 0.1) is 0 Å². The molecule has 0 heterocycles. The van der Waals surface area contributed by atoms with Crippen LogP contribution >= 0.6 is 0 Å². The van der Waals surface area contributed by atoms with Crippen molar-refractivity contribution in [2.24, 2.45) is 0 Å². The van der Waals surface area contributed by atoms with Gasteiger partial charge < -0.3 is 5.11 Å². The molecule has 0 amide bonds. The molecular formula is C7H18OTiZn. The van der Waals surface area contributed by atoms with Crippen LogP contribution in [0, 0.1) is 0 Å². The van der Waals surface area contributed by atoms with Gasteiger partial charge in [-0.2, -0.15) is 0 Å². The van der Waals surface area contributed by atoms with Crippen LogP contribution in [-0.4, -0.2) is 11.7 Å². The summed E-state index contributed by atoms with van der Waals surface area (Å²) in [7, 11) is 0. The van der Waals surface area contributed by atoms with E-state index in [1.165, 1.54) is 12.8 Å². The van der Waals surface area contributed by atoms with Crippen LogP contribution < -0.4 is 0 Å². The predicted molar refractivity (Wildman–Crippen MR) is 38.0 cm³/mol. The van der Waals surface area contributed by atoms with Crippen LogP contribution in [-0.2, 0) is 41.2 Å². The summed E-state index contributed by atoms with van der Waals surface area (Å²) < 4.78 is 0. The third-order valence-corrected chi connectivity index (χ3v) is 0.724. The number of rotatable bonds is 2. The molecule has 58 valence electrons. The second-order valence-corrected chi connectivity index (χ2v) is 1.72. The van der Waals surface area contributed by atoms with E-state index >= 15 is 0 Å². The fourth-order valence-electron chi connectivity index (χ4n) is 0. The fraction of sp³-hybridized carbons (Fsp3) is 1.00. The molecule has 1 nitrogen and oxygen atoms in total. The maximum atomic E-state index is 7.88. The monoisotopic (exact) mass is 230 g/mol. The molecule has 0 saturated carbocycles. The Morgan fingerprint density at radius 1 is 0.900 bits per heavy atom. The van der Waals surface area contributed by atoms with Gasteiger partial charge in [0.15, 0.2) is 0 Å². The molecule has 0 aliphatic heterocycles. The van der Waals surface area contributed by atoms with Gasteiger partial charge in [0.1, 0.15) is 0 Å². The van der Waals surface area contributed by atoms with E-state index in [4.69, 9.17) is 5.11 Å². The van der Waals surface area contributed by atoms with Gasteiger partial charge in [0.2, 0.25) is 0 Å². The summed E-state index contributed by atoms with van der Waals surface area (Å²) >= 11 is 0. The summed E-state index contributed by atoms with van der Waals surface area (Å²) in [5.74, 6) is 0. The van der Waals surface area contributed by atoms with Crippen LogP contribution in [0.15, 0.2) is 0 Å². The van der Waals surface area contributed by atoms with Crippen molar-refractivity contribution >= 4 is 0 Å². The zero-order valence-electron chi connectivity index (χ0n) is 7.48. The molecule has 3 heteroatoms. The summed E-state index contributed by atoms with van der Waals surface area (Å²) in [5.41, 5.74) is 0. The Kier molecular flexibility index (Phi) is 71.4. The standard InChI is InChI=1S/C4H10.C3H8O.Ti.Zn/c1-3-4-2;1-2-3-4;;/h3-4H2,1-2H3;4H,2-3H2,1H3;;. The summed E-state index contributed by atoms with van der Waals surface area (Å²) in [6, 6.07) is 0. The quantitative estimate of drug-likeness (QED) is 0.722. The minimum atomic E-state index is 0. The summed E-state index contributed by atoms with van der Waals surface area (Å²) in [4.78, 5) is 0. The summed E-state index contributed by atoms with van der Waals surface area (Å²) in [6.07, 6.45) is 3.51. The molecule has 0 aromatic rings. The molecule has 0 aliphatic carbocycles. The average molecular weight is 231 g/mol. The Bertz CT molecular complexity index is 21.6. The Morgan fingerprint density at radius 3 is 1.10 bits per heavy atom. The maximum Gasteiger partial charge on any atom is 0.0428 e. The summed E-state index contributed by atoms with van der Waals surface area (Å²) in [5, 5.41) is 7.88. The van der Waals surface area contributed by atoms with E-state index in [2.05, 4.69) is 13.8 Å². The van der Waals surface area contributed by atoms with Crippen LogP contribution in [0.5, 0.6) is 0 Å². The molecule has 0 bridgehead atoms. The van der Waals surface area contributed by atoms with E-state index in [-0.39, 0.29) is 41.2 Å². The number of aliphatic hydroxyl groups is 1. The average Bonchev–Trinajstić information content (AvgIpc) is 1.88. The molecule has 0 fully saturated rings. The van der Waals surface area contributed by atoms with Crippen molar-refractivity contribution in [1.29, 1.82) is 0 Å². The van der Waals surface area contributed by atoms with Gasteiger partial charge >= 0.3 is 0 Å². The van der Waals surface area contributed by atoms with E-state index in [0.717, 1.165) is 6.42 Å². The Labute approximate surface area is 92.6 Å². The maximum absolute atomic E-state index is 7.88. The minimum Gasteiger partial charge on any atom is -0.396 e. The van der Waals surface area contributed by atoms with E-state index in [1.54, 1.807) is 0 Å². The Balaban J connectivity index is -0.0000000300. The van der Waals surface area contributed by atoms with Gasteiger partial charge in [0, 0.05) is 47.8 Å². The topological polar surface area (TPSA) is 20.2 Å². The van der Waals surface area contributed by atoms with Crippen molar-refractivity contribution < 1.29 is 46.3 Å². The van der Waals surface area contributed by atoms with Crippen molar-refractivity contribution in [3.63, 3.8) is 0 Å². The van der Waals surface area contributed by atoms with Crippen LogP contribution in [0.4, 0.5) is 0 Å². The van der Waals surface area contributed by atoms with E-state index in [1.807, 2.05) is 6.92 Å². The van der Waals surface area contributed by atoms with Gasteiger partial charge in [-0.25, -0.2) is 0 Å². The Morgan fingerprint density at radius 2 is 1.10 bits per heavy atom. The van der Waals surface area contributed by atoms with Gasteiger partial charge in [0.25, 0.3) is 0 Å². The van der Waals surface area contributed by atoms with Crippen molar-refractivity contribution in [3.8, 4) is 0 Å². The number of hydrogen-bond donors (Lipinski definition) is 1. The van der Waals surface area contributed by atoms with Gasteiger partial charge in [-0.1, -0.05) is 33.6 Å². The van der Waals surface area contributed by atoms with Crippen LogP contribution in [0.3, 0.4) is 0 Å². The van der Waals surface area contributed by atoms with Crippen molar-refractivity contribution in [2.75, 3.05) is 6.61 Å². The molecule has 0 rings (SSSR count). The second-order valence-electron chi connectivity index (χ2n) is 1.72. The fourth-order valence-corrected chi connectivity index (χ4v) is 0. The molecule has 0 aromatic heterocycles.